The molecule has 29 heavy (non-hydrogen) atoms. The SMILES string of the molecule is CCCC(=O)Nc1cccc(SCC(=O)N(c2ccccc2)c2ccccc2)c1. The lowest BCUT2D eigenvalue weighted by Gasteiger charge is -2.23. The highest BCUT2D eigenvalue weighted by atomic mass is 32.2. The zero-order valence-electron chi connectivity index (χ0n) is 16.4. The number of anilines is 3. The number of para-hydroxylation sites is 2. The van der Waals surface area contributed by atoms with E-state index in [0.717, 1.165) is 28.4 Å². The van der Waals surface area contributed by atoms with E-state index in [1.165, 1.54) is 11.8 Å². The number of hydrogen-bond acceptors (Lipinski definition) is 3. The van der Waals surface area contributed by atoms with Gasteiger partial charge in [0, 0.05) is 28.4 Å². The van der Waals surface area contributed by atoms with Crippen molar-refractivity contribution in [1.29, 1.82) is 0 Å². The maximum atomic E-state index is 13.1. The summed E-state index contributed by atoms with van der Waals surface area (Å²) in [6, 6.07) is 26.9. The van der Waals surface area contributed by atoms with E-state index in [1.807, 2.05) is 91.9 Å². The molecule has 0 fully saturated rings. The molecule has 3 rings (SSSR count). The standard InChI is InChI=1S/C24H24N2O2S/c1-2-10-23(27)25-19-11-9-16-22(17-19)29-18-24(28)26(20-12-5-3-6-13-20)21-14-7-4-8-15-21/h3-9,11-17H,2,10,18H2,1H3,(H,25,27). The van der Waals surface area contributed by atoms with Crippen molar-refractivity contribution in [3.05, 3.63) is 84.9 Å². The lowest BCUT2D eigenvalue weighted by atomic mass is 10.2. The predicted molar refractivity (Wildman–Crippen MR) is 121 cm³/mol. The molecule has 148 valence electrons. The van der Waals surface area contributed by atoms with Gasteiger partial charge in [-0.2, -0.15) is 0 Å². The zero-order valence-corrected chi connectivity index (χ0v) is 17.2. The van der Waals surface area contributed by atoms with Gasteiger partial charge in [0.2, 0.25) is 11.8 Å². The largest absolute Gasteiger partial charge is 0.326 e. The van der Waals surface area contributed by atoms with Crippen molar-refractivity contribution >= 4 is 40.6 Å². The van der Waals surface area contributed by atoms with E-state index in [0.29, 0.717) is 6.42 Å². The van der Waals surface area contributed by atoms with Crippen LogP contribution in [0.4, 0.5) is 17.1 Å². The second kappa shape index (κ2) is 10.5. The molecular weight excluding hydrogens is 380 g/mol. The Balaban J connectivity index is 1.72. The zero-order chi connectivity index (χ0) is 20.5. The molecule has 0 unspecified atom stereocenters. The Morgan fingerprint density at radius 1 is 0.862 bits per heavy atom. The molecule has 0 atom stereocenters. The van der Waals surface area contributed by atoms with Crippen LogP contribution in [-0.4, -0.2) is 17.6 Å². The summed E-state index contributed by atoms with van der Waals surface area (Å²) in [6.07, 6.45) is 1.31. The molecule has 2 amide bonds. The first kappa shape index (κ1) is 20.7. The van der Waals surface area contributed by atoms with Crippen molar-refractivity contribution in [2.45, 2.75) is 24.7 Å². The highest BCUT2D eigenvalue weighted by Crippen LogP contribution is 2.28. The van der Waals surface area contributed by atoms with Crippen molar-refractivity contribution < 1.29 is 9.59 Å². The molecular formula is C24H24N2O2S. The number of hydrogen-bond donors (Lipinski definition) is 1. The number of nitrogens with zero attached hydrogens (tertiary/aromatic N) is 1. The van der Waals surface area contributed by atoms with Crippen LogP contribution in [0.15, 0.2) is 89.8 Å². The molecule has 1 N–H and O–H groups in total. The molecule has 0 saturated carbocycles. The Morgan fingerprint density at radius 2 is 1.48 bits per heavy atom. The maximum absolute atomic E-state index is 13.1. The average Bonchev–Trinajstić information content (AvgIpc) is 2.74. The number of thioether (sulfide) groups is 1. The summed E-state index contributed by atoms with van der Waals surface area (Å²) in [6.45, 7) is 1.97. The maximum Gasteiger partial charge on any atom is 0.241 e. The Bertz CT molecular complexity index is 906. The van der Waals surface area contributed by atoms with Crippen LogP contribution in [0.25, 0.3) is 0 Å². The van der Waals surface area contributed by atoms with E-state index in [1.54, 1.807) is 4.90 Å². The van der Waals surface area contributed by atoms with Gasteiger partial charge >= 0.3 is 0 Å². The third-order valence-electron chi connectivity index (χ3n) is 4.24. The fourth-order valence-corrected chi connectivity index (χ4v) is 3.72. The first-order valence-corrected chi connectivity index (χ1v) is 10.6. The minimum atomic E-state index is -0.00665. The van der Waals surface area contributed by atoms with Crippen LogP contribution in [0.1, 0.15) is 19.8 Å². The Hall–Kier alpha value is -3.05. The highest BCUT2D eigenvalue weighted by molar-refractivity contribution is 8.00. The average molecular weight is 405 g/mol. The van der Waals surface area contributed by atoms with Gasteiger partial charge in [-0.1, -0.05) is 49.4 Å². The van der Waals surface area contributed by atoms with Gasteiger partial charge in [0.05, 0.1) is 5.75 Å². The second-order valence-corrected chi connectivity index (χ2v) is 7.56. The third kappa shape index (κ3) is 5.96. The summed E-state index contributed by atoms with van der Waals surface area (Å²) in [5.74, 6) is 0.286. The van der Waals surface area contributed by atoms with E-state index in [4.69, 9.17) is 0 Å². The molecule has 0 aliphatic carbocycles. The summed E-state index contributed by atoms with van der Waals surface area (Å²) in [5.41, 5.74) is 2.43. The van der Waals surface area contributed by atoms with Gasteiger partial charge < -0.3 is 5.32 Å². The van der Waals surface area contributed by atoms with Gasteiger partial charge in [-0.05, 0) is 48.9 Å². The Kier molecular flexibility index (Phi) is 7.47. The predicted octanol–water partition coefficient (Wildman–Crippen LogP) is 5.88. The molecule has 5 heteroatoms. The lowest BCUT2D eigenvalue weighted by molar-refractivity contribution is -0.116. The van der Waals surface area contributed by atoms with Gasteiger partial charge in [-0.25, -0.2) is 0 Å². The summed E-state index contributed by atoms with van der Waals surface area (Å²) >= 11 is 1.46. The topological polar surface area (TPSA) is 49.4 Å². The quantitative estimate of drug-likeness (QED) is 0.477. The fourth-order valence-electron chi connectivity index (χ4n) is 2.91. The molecule has 0 saturated heterocycles. The minimum Gasteiger partial charge on any atom is -0.326 e. The molecule has 0 spiro atoms. The van der Waals surface area contributed by atoms with Crippen LogP contribution in [0, 0.1) is 0 Å². The van der Waals surface area contributed by atoms with Crippen LogP contribution in [0.2, 0.25) is 0 Å². The van der Waals surface area contributed by atoms with Gasteiger partial charge in [-0.3, -0.25) is 14.5 Å². The van der Waals surface area contributed by atoms with Crippen LogP contribution in [-0.2, 0) is 9.59 Å². The van der Waals surface area contributed by atoms with E-state index in [9.17, 15) is 9.59 Å². The molecule has 3 aromatic rings. The first-order chi connectivity index (χ1) is 14.2. The number of benzene rings is 3. The molecule has 3 aromatic carbocycles. The normalized spacial score (nSPS) is 10.4. The molecule has 0 aliphatic rings. The number of carbonyl (C=O) groups is 2. The van der Waals surface area contributed by atoms with Gasteiger partial charge in [0.1, 0.15) is 0 Å². The summed E-state index contributed by atoms with van der Waals surface area (Å²) < 4.78 is 0. The molecule has 0 bridgehead atoms. The fraction of sp³-hybridized carbons (Fsp3) is 0.167. The molecule has 4 nitrogen and oxygen atoms in total. The lowest BCUT2D eigenvalue weighted by Crippen LogP contribution is -2.27. The van der Waals surface area contributed by atoms with E-state index < -0.39 is 0 Å². The molecule has 0 radical (unpaired) electrons. The number of rotatable bonds is 8. The van der Waals surface area contributed by atoms with Crippen LogP contribution in [0.3, 0.4) is 0 Å². The van der Waals surface area contributed by atoms with Crippen molar-refractivity contribution in [1.82, 2.24) is 0 Å². The molecule has 0 aliphatic heterocycles. The van der Waals surface area contributed by atoms with Crippen molar-refractivity contribution in [3.63, 3.8) is 0 Å². The molecule has 0 heterocycles. The van der Waals surface area contributed by atoms with Gasteiger partial charge in [-0.15, -0.1) is 11.8 Å². The number of nitrogens with one attached hydrogen (secondary N) is 1. The monoisotopic (exact) mass is 404 g/mol. The summed E-state index contributed by atoms with van der Waals surface area (Å²) in [5, 5.41) is 2.90. The number of amides is 2. The van der Waals surface area contributed by atoms with Crippen molar-refractivity contribution in [2.75, 3.05) is 16.0 Å². The van der Waals surface area contributed by atoms with Gasteiger partial charge in [0.15, 0.2) is 0 Å². The third-order valence-corrected chi connectivity index (χ3v) is 5.21. The van der Waals surface area contributed by atoms with Crippen LogP contribution in [0.5, 0.6) is 0 Å². The highest BCUT2D eigenvalue weighted by Gasteiger charge is 2.18. The van der Waals surface area contributed by atoms with Crippen LogP contribution >= 0.6 is 11.8 Å². The molecule has 0 aromatic heterocycles. The number of carbonyl (C=O) groups excluding carboxylic acids is 2. The minimum absolute atomic E-state index is 0.00468. The Labute approximate surface area is 175 Å². The first-order valence-electron chi connectivity index (χ1n) is 9.63. The smallest absolute Gasteiger partial charge is 0.241 e. The Morgan fingerprint density at radius 3 is 2.07 bits per heavy atom. The van der Waals surface area contributed by atoms with Gasteiger partial charge in [0.25, 0.3) is 0 Å². The second-order valence-electron chi connectivity index (χ2n) is 6.51. The summed E-state index contributed by atoms with van der Waals surface area (Å²) in [4.78, 5) is 27.6. The van der Waals surface area contributed by atoms with Crippen molar-refractivity contribution in [3.8, 4) is 0 Å². The summed E-state index contributed by atoms with van der Waals surface area (Å²) in [7, 11) is 0. The van der Waals surface area contributed by atoms with E-state index in [2.05, 4.69) is 5.32 Å². The van der Waals surface area contributed by atoms with E-state index >= 15 is 0 Å². The van der Waals surface area contributed by atoms with Crippen molar-refractivity contribution in [2.24, 2.45) is 0 Å². The van der Waals surface area contributed by atoms with E-state index in [-0.39, 0.29) is 17.6 Å². The van der Waals surface area contributed by atoms with Crippen LogP contribution < -0.4 is 10.2 Å².